The van der Waals surface area contributed by atoms with Crippen molar-refractivity contribution in [3.8, 4) is 5.69 Å². The van der Waals surface area contributed by atoms with Crippen molar-refractivity contribution < 1.29 is 37.1 Å². The molecule has 0 aliphatic carbocycles. The van der Waals surface area contributed by atoms with Crippen LogP contribution < -0.4 is 16.2 Å². The number of carboxylic acid groups (broad SMARTS) is 1. The van der Waals surface area contributed by atoms with E-state index in [-0.39, 0.29) is 11.4 Å². The molecule has 0 atom stereocenters. The monoisotopic (exact) mass is 630 g/mol. The lowest BCUT2D eigenvalue weighted by atomic mass is 10.1. The van der Waals surface area contributed by atoms with Gasteiger partial charge in [-0.15, -0.1) is 10.2 Å². The normalized spacial score (nSPS) is 11.5. The Morgan fingerprint density at radius 1 is 1.05 bits per heavy atom. The van der Waals surface area contributed by atoms with Crippen molar-refractivity contribution in [2.75, 3.05) is 17.7 Å². The standard InChI is InChI=1S/C24H19FN8O10S/c1-11-14(26-2)4-3-5-17(11)31-23(34)21(22(30-31)24(35)36)29-28-15-7-6-12(8-20(15)44(41,42)43)27-16-9-13(25)18(32(37)38)10-19(16)33(39)40/h3-10,26-27,30H,1-2H3,(H,35,36)(H,41,42,43). The maximum absolute atomic E-state index is 14.2. The van der Waals surface area contributed by atoms with Crippen LogP contribution in [0.1, 0.15) is 16.1 Å². The van der Waals surface area contributed by atoms with Crippen LogP contribution in [0, 0.1) is 33.0 Å². The molecule has 3 aromatic carbocycles. The largest absolute Gasteiger partial charge is 0.476 e. The van der Waals surface area contributed by atoms with Crippen LogP contribution >= 0.6 is 0 Å². The van der Waals surface area contributed by atoms with E-state index in [1.54, 1.807) is 26.1 Å². The predicted octanol–water partition coefficient (Wildman–Crippen LogP) is 4.58. The minimum absolute atomic E-state index is 0.275. The second kappa shape index (κ2) is 11.7. The van der Waals surface area contributed by atoms with Crippen molar-refractivity contribution in [3.63, 3.8) is 0 Å². The Balaban J connectivity index is 1.79. The van der Waals surface area contributed by atoms with Crippen molar-refractivity contribution in [1.29, 1.82) is 0 Å². The molecule has 20 heteroatoms. The molecule has 4 rings (SSSR count). The van der Waals surface area contributed by atoms with Gasteiger partial charge in [0.1, 0.15) is 16.3 Å². The summed E-state index contributed by atoms with van der Waals surface area (Å²) in [6, 6.07) is 8.42. The summed E-state index contributed by atoms with van der Waals surface area (Å²) in [5.41, 5.74) is -4.42. The van der Waals surface area contributed by atoms with Crippen molar-refractivity contribution in [2.45, 2.75) is 11.8 Å². The first-order valence-electron chi connectivity index (χ1n) is 11.9. The van der Waals surface area contributed by atoms with Crippen molar-refractivity contribution in [2.24, 2.45) is 10.2 Å². The van der Waals surface area contributed by atoms with Crippen LogP contribution in [0.4, 0.5) is 44.2 Å². The van der Waals surface area contributed by atoms with E-state index in [1.807, 2.05) is 0 Å². The van der Waals surface area contributed by atoms with Crippen LogP contribution in [0.2, 0.25) is 0 Å². The Kier molecular flexibility index (Phi) is 8.22. The summed E-state index contributed by atoms with van der Waals surface area (Å²) in [7, 11) is -3.45. The Morgan fingerprint density at radius 3 is 2.32 bits per heavy atom. The van der Waals surface area contributed by atoms with Gasteiger partial charge in [0.2, 0.25) is 5.82 Å². The summed E-state index contributed by atoms with van der Waals surface area (Å²) in [5, 5.41) is 47.0. The summed E-state index contributed by atoms with van der Waals surface area (Å²) in [5.74, 6) is -3.02. The molecule has 0 radical (unpaired) electrons. The number of nitro groups is 2. The number of nitrogens with zero attached hydrogens (tertiary/aromatic N) is 5. The zero-order valence-corrected chi connectivity index (χ0v) is 23.1. The molecule has 228 valence electrons. The fourth-order valence-corrected chi connectivity index (χ4v) is 4.71. The molecule has 0 spiro atoms. The molecule has 0 saturated carbocycles. The molecule has 0 unspecified atom stereocenters. The maximum Gasteiger partial charge on any atom is 0.356 e. The summed E-state index contributed by atoms with van der Waals surface area (Å²) < 4.78 is 49.2. The quantitative estimate of drug-likeness (QED) is 0.0698. The lowest BCUT2D eigenvalue weighted by Crippen LogP contribution is -2.15. The second-order valence-corrected chi connectivity index (χ2v) is 10.2. The van der Waals surface area contributed by atoms with E-state index in [0.717, 1.165) is 22.9 Å². The number of rotatable bonds is 10. The number of hydrogen-bond donors (Lipinski definition) is 5. The van der Waals surface area contributed by atoms with Crippen molar-refractivity contribution in [1.82, 2.24) is 9.78 Å². The number of carboxylic acids is 1. The molecule has 44 heavy (non-hydrogen) atoms. The van der Waals surface area contributed by atoms with Crippen LogP contribution in [0.15, 0.2) is 68.4 Å². The highest BCUT2D eigenvalue weighted by atomic mass is 32.2. The second-order valence-electron chi connectivity index (χ2n) is 8.80. The number of nitrogens with one attached hydrogen (secondary N) is 3. The number of aromatic carboxylic acids is 1. The van der Waals surface area contributed by atoms with Gasteiger partial charge in [-0.2, -0.15) is 12.8 Å². The Bertz CT molecular complexity index is 2060. The summed E-state index contributed by atoms with van der Waals surface area (Å²) in [6.07, 6.45) is 0. The van der Waals surface area contributed by atoms with Gasteiger partial charge in [0.05, 0.1) is 21.6 Å². The molecule has 0 saturated heterocycles. The number of anilines is 3. The van der Waals surface area contributed by atoms with Crippen molar-refractivity contribution >= 4 is 55.9 Å². The smallest absolute Gasteiger partial charge is 0.356 e. The fraction of sp³-hybridized carbons (Fsp3) is 0.0833. The lowest BCUT2D eigenvalue weighted by molar-refractivity contribution is -0.395. The van der Waals surface area contributed by atoms with Gasteiger partial charge in [-0.3, -0.25) is 34.7 Å². The van der Waals surface area contributed by atoms with Crippen LogP contribution in [-0.4, -0.2) is 50.7 Å². The number of aromatic amines is 1. The SMILES string of the molecule is CNc1cccc(-n2[nH]c(C(=O)O)c(N=Nc3ccc(Nc4cc(F)c([N+](=O)[O-])cc4[N+](=O)[O-])cc3S(=O)(=O)O)c2=O)c1C. The highest BCUT2D eigenvalue weighted by Gasteiger charge is 2.26. The van der Waals surface area contributed by atoms with Gasteiger partial charge in [0, 0.05) is 24.5 Å². The molecule has 5 N–H and O–H groups in total. The number of hydrogen-bond acceptors (Lipinski definition) is 12. The first kappa shape index (κ1) is 30.9. The van der Waals surface area contributed by atoms with Gasteiger partial charge in [-0.05, 0) is 42.8 Å². The van der Waals surface area contributed by atoms with Gasteiger partial charge in [-0.1, -0.05) is 6.07 Å². The summed E-state index contributed by atoms with van der Waals surface area (Å²) >= 11 is 0. The van der Waals surface area contributed by atoms with Crippen molar-refractivity contribution in [3.05, 3.63) is 96.2 Å². The van der Waals surface area contributed by atoms with Crippen LogP contribution in [0.3, 0.4) is 0 Å². The van der Waals surface area contributed by atoms with Crippen LogP contribution in [-0.2, 0) is 10.1 Å². The number of carbonyl (C=O) groups is 1. The Labute approximate surface area is 244 Å². The Hall–Kier alpha value is -6.02. The number of benzene rings is 3. The average molecular weight is 631 g/mol. The molecule has 1 heterocycles. The molecule has 0 aliphatic heterocycles. The first-order chi connectivity index (χ1) is 20.6. The average Bonchev–Trinajstić information content (AvgIpc) is 3.27. The highest BCUT2D eigenvalue weighted by Crippen LogP contribution is 2.36. The molecule has 0 aliphatic rings. The van der Waals surface area contributed by atoms with Gasteiger partial charge in [-0.25, -0.2) is 9.48 Å². The van der Waals surface area contributed by atoms with Gasteiger partial charge in [0.25, 0.3) is 21.4 Å². The lowest BCUT2D eigenvalue weighted by Gasteiger charge is -2.10. The molecule has 0 amide bonds. The van der Waals surface area contributed by atoms with E-state index in [4.69, 9.17) is 0 Å². The van der Waals surface area contributed by atoms with E-state index in [0.29, 0.717) is 23.4 Å². The van der Waals surface area contributed by atoms with Gasteiger partial charge >= 0.3 is 11.7 Å². The van der Waals surface area contributed by atoms with Crippen LogP contribution in [0.5, 0.6) is 0 Å². The third kappa shape index (κ3) is 5.96. The molecular formula is C24H19FN8O10S. The third-order valence-corrected chi connectivity index (χ3v) is 7.01. The zero-order valence-electron chi connectivity index (χ0n) is 22.3. The fourth-order valence-electron chi connectivity index (χ4n) is 4.06. The minimum Gasteiger partial charge on any atom is -0.476 e. The Morgan fingerprint density at radius 2 is 1.73 bits per heavy atom. The first-order valence-corrected chi connectivity index (χ1v) is 13.4. The number of halogens is 1. The molecular weight excluding hydrogens is 611 g/mol. The van der Waals surface area contributed by atoms with E-state index >= 15 is 0 Å². The molecule has 0 bridgehead atoms. The van der Waals surface area contributed by atoms with Gasteiger partial charge in [0.15, 0.2) is 11.4 Å². The molecule has 0 fully saturated rings. The number of nitro benzene ring substituents is 2. The summed E-state index contributed by atoms with van der Waals surface area (Å²) in [4.78, 5) is 44.3. The van der Waals surface area contributed by atoms with E-state index in [1.165, 1.54) is 6.07 Å². The number of aromatic nitrogens is 2. The minimum atomic E-state index is -5.10. The predicted molar refractivity (Wildman–Crippen MR) is 151 cm³/mol. The molecule has 1 aromatic heterocycles. The van der Waals surface area contributed by atoms with Crippen LogP contribution in [0.25, 0.3) is 5.69 Å². The number of azo groups is 1. The molecule has 4 aromatic rings. The molecule has 18 nitrogen and oxygen atoms in total. The third-order valence-electron chi connectivity index (χ3n) is 6.13. The topological polar surface area (TPSA) is 265 Å². The maximum atomic E-state index is 14.2. The summed E-state index contributed by atoms with van der Waals surface area (Å²) in [6.45, 7) is 1.67. The number of H-pyrrole nitrogens is 1. The van der Waals surface area contributed by atoms with Gasteiger partial charge < -0.3 is 15.7 Å². The zero-order chi connectivity index (χ0) is 32.5. The van der Waals surface area contributed by atoms with E-state index < -0.39 is 76.3 Å². The van der Waals surface area contributed by atoms with E-state index in [9.17, 15) is 52.3 Å². The van der Waals surface area contributed by atoms with E-state index in [2.05, 4.69) is 26.0 Å². The highest BCUT2D eigenvalue weighted by molar-refractivity contribution is 7.86.